The van der Waals surface area contributed by atoms with Crippen molar-refractivity contribution >= 4 is 35.0 Å². The number of carbonyl (C=O) groups excluding carboxylic acids is 1. The molecule has 0 spiro atoms. The highest BCUT2D eigenvalue weighted by Crippen LogP contribution is 2.25. The number of halogens is 2. The van der Waals surface area contributed by atoms with E-state index in [-0.39, 0.29) is 22.9 Å². The number of carboxylic acids is 1. The highest BCUT2D eigenvalue weighted by molar-refractivity contribution is 6.35. The van der Waals surface area contributed by atoms with Crippen molar-refractivity contribution in [2.75, 3.05) is 0 Å². The normalized spacial score (nSPS) is 10.8. The summed E-state index contributed by atoms with van der Waals surface area (Å²) < 4.78 is 3.05. The van der Waals surface area contributed by atoms with Crippen molar-refractivity contribution in [1.82, 2.24) is 9.13 Å². The van der Waals surface area contributed by atoms with Gasteiger partial charge in [0.1, 0.15) is 10.8 Å². The van der Waals surface area contributed by atoms with Crippen LogP contribution in [0.4, 0.5) is 0 Å². The molecular weight excluding hydrogens is 303 g/mol. The zero-order chi connectivity index (χ0) is 15.0. The van der Waals surface area contributed by atoms with Crippen molar-refractivity contribution in [2.24, 2.45) is 14.1 Å². The molecule has 0 bridgehead atoms. The molecule has 5 nitrogen and oxygen atoms in total. The van der Waals surface area contributed by atoms with Gasteiger partial charge in [-0.05, 0) is 18.2 Å². The molecule has 2 aromatic rings. The number of aliphatic carboxylic acids is 1. The zero-order valence-corrected chi connectivity index (χ0v) is 12.4. The van der Waals surface area contributed by atoms with Gasteiger partial charge in [0, 0.05) is 19.8 Å². The Labute approximate surface area is 125 Å². The minimum atomic E-state index is -0.983. The Morgan fingerprint density at radius 2 is 1.85 bits per heavy atom. The number of aromatic nitrogens is 2. The Hall–Kier alpha value is -1.72. The largest absolute Gasteiger partial charge is 0.481 e. The van der Waals surface area contributed by atoms with Crippen molar-refractivity contribution in [3.05, 3.63) is 45.5 Å². The first-order chi connectivity index (χ1) is 9.32. The van der Waals surface area contributed by atoms with Gasteiger partial charge in [-0.25, -0.2) is 0 Å². The summed E-state index contributed by atoms with van der Waals surface area (Å²) in [5.74, 6) is -1.29. The van der Waals surface area contributed by atoms with Crippen LogP contribution in [0.3, 0.4) is 0 Å². The smallest absolute Gasteiger partial charge is 0.309 e. The third-order valence-corrected chi connectivity index (χ3v) is 3.79. The van der Waals surface area contributed by atoms with E-state index in [0.717, 1.165) is 0 Å². The molecule has 0 atom stereocenters. The van der Waals surface area contributed by atoms with Crippen LogP contribution >= 0.6 is 23.2 Å². The predicted molar refractivity (Wildman–Crippen MR) is 75.6 cm³/mol. The molecule has 0 saturated carbocycles. The zero-order valence-electron chi connectivity index (χ0n) is 10.9. The molecular formula is C13H12Cl2N2O3. The number of carbonyl (C=O) groups is 2. The van der Waals surface area contributed by atoms with Crippen molar-refractivity contribution in [1.29, 1.82) is 0 Å². The molecule has 20 heavy (non-hydrogen) atoms. The second-order valence-electron chi connectivity index (χ2n) is 4.39. The first-order valence-corrected chi connectivity index (χ1v) is 6.50. The van der Waals surface area contributed by atoms with E-state index in [1.807, 2.05) is 0 Å². The summed E-state index contributed by atoms with van der Waals surface area (Å²) >= 11 is 12.0. The lowest BCUT2D eigenvalue weighted by Gasteiger charge is -2.07. The summed E-state index contributed by atoms with van der Waals surface area (Å²) in [4.78, 5) is 23.3. The number of ketones is 1. The van der Waals surface area contributed by atoms with Crippen molar-refractivity contribution < 1.29 is 14.7 Å². The van der Waals surface area contributed by atoms with Gasteiger partial charge in [0.2, 0.25) is 5.78 Å². The van der Waals surface area contributed by atoms with E-state index >= 15 is 0 Å². The minimum Gasteiger partial charge on any atom is -0.481 e. The van der Waals surface area contributed by atoms with Gasteiger partial charge in [0.15, 0.2) is 0 Å². The van der Waals surface area contributed by atoms with Gasteiger partial charge < -0.3 is 14.2 Å². The van der Waals surface area contributed by atoms with E-state index in [2.05, 4.69) is 0 Å². The van der Waals surface area contributed by atoms with Crippen LogP contribution in [0.2, 0.25) is 10.2 Å². The summed E-state index contributed by atoms with van der Waals surface area (Å²) in [6.45, 7) is 0. The molecule has 0 aromatic carbocycles. The Kier molecular flexibility index (Phi) is 3.92. The number of nitrogens with zero attached hydrogens (tertiary/aromatic N) is 2. The molecule has 0 aliphatic heterocycles. The fourth-order valence-corrected chi connectivity index (χ4v) is 2.53. The van der Waals surface area contributed by atoms with E-state index < -0.39 is 5.97 Å². The Morgan fingerprint density at radius 3 is 2.35 bits per heavy atom. The van der Waals surface area contributed by atoms with E-state index in [9.17, 15) is 9.59 Å². The summed E-state index contributed by atoms with van der Waals surface area (Å²) in [7, 11) is 3.28. The summed E-state index contributed by atoms with van der Waals surface area (Å²) in [6, 6.07) is 4.71. The molecule has 0 radical (unpaired) electrons. The Balaban J connectivity index is 2.48. The van der Waals surface area contributed by atoms with Gasteiger partial charge in [-0.15, -0.1) is 0 Å². The quantitative estimate of drug-likeness (QED) is 0.882. The third-order valence-electron chi connectivity index (χ3n) is 3.13. The van der Waals surface area contributed by atoms with Gasteiger partial charge in [-0.3, -0.25) is 9.59 Å². The van der Waals surface area contributed by atoms with Gasteiger partial charge in [0.25, 0.3) is 0 Å². The van der Waals surface area contributed by atoms with Gasteiger partial charge in [-0.1, -0.05) is 23.2 Å². The summed E-state index contributed by atoms with van der Waals surface area (Å²) in [5, 5.41) is 9.49. The van der Waals surface area contributed by atoms with Crippen LogP contribution in [0.15, 0.2) is 18.2 Å². The minimum absolute atomic E-state index is 0.197. The summed E-state index contributed by atoms with van der Waals surface area (Å²) in [6.07, 6.45) is -0.197. The molecule has 7 heteroatoms. The van der Waals surface area contributed by atoms with Gasteiger partial charge in [0.05, 0.1) is 17.1 Å². The number of rotatable bonds is 4. The Morgan fingerprint density at radius 1 is 1.20 bits per heavy atom. The lowest BCUT2D eigenvalue weighted by atomic mass is 10.2. The van der Waals surface area contributed by atoms with Crippen LogP contribution in [0.1, 0.15) is 21.9 Å². The lowest BCUT2D eigenvalue weighted by molar-refractivity contribution is -0.136. The summed E-state index contributed by atoms with van der Waals surface area (Å²) in [5.41, 5.74) is 1.10. The molecule has 0 aliphatic rings. The Bertz CT molecular complexity index is 701. The van der Waals surface area contributed by atoms with Gasteiger partial charge in [-0.2, -0.15) is 0 Å². The molecule has 0 unspecified atom stereocenters. The maximum absolute atomic E-state index is 12.5. The topological polar surface area (TPSA) is 64.2 Å². The second-order valence-corrected chi connectivity index (χ2v) is 5.19. The monoisotopic (exact) mass is 314 g/mol. The third kappa shape index (κ3) is 2.46. The highest BCUT2D eigenvalue weighted by atomic mass is 35.5. The van der Waals surface area contributed by atoms with Crippen LogP contribution < -0.4 is 0 Å². The molecule has 2 aromatic heterocycles. The first-order valence-electron chi connectivity index (χ1n) is 5.74. The van der Waals surface area contributed by atoms with Gasteiger partial charge >= 0.3 is 5.97 Å². The van der Waals surface area contributed by atoms with E-state index in [1.54, 1.807) is 30.8 Å². The second kappa shape index (κ2) is 5.34. The van der Waals surface area contributed by atoms with Crippen LogP contribution in [0.25, 0.3) is 0 Å². The molecule has 1 N–H and O–H groups in total. The molecule has 0 saturated heterocycles. The van der Waals surface area contributed by atoms with E-state index in [0.29, 0.717) is 16.5 Å². The van der Waals surface area contributed by atoms with Crippen molar-refractivity contribution in [2.45, 2.75) is 6.42 Å². The molecule has 2 rings (SSSR count). The van der Waals surface area contributed by atoms with E-state index in [1.165, 1.54) is 10.6 Å². The number of carboxylic acid groups (broad SMARTS) is 1. The maximum atomic E-state index is 12.5. The highest BCUT2D eigenvalue weighted by Gasteiger charge is 2.23. The van der Waals surface area contributed by atoms with Crippen molar-refractivity contribution in [3.8, 4) is 0 Å². The molecule has 0 fully saturated rings. The average Bonchev–Trinajstić information content (AvgIpc) is 2.81. The number of hydrogen-bond donors (Lipinski definition) is 1. The first kappa shape index (κ1) is 14.7. The predicted octanol–water partition coefficient (Wildman–Crippen LogP) is 2.53. The van der Waals surface area contributed by atoms with Crippen molar-refractivity contribution in [3.63, 3.8) is 0 Å². The molecule has 0 aliphatic carbocycles. The fourth-order valence-electron chi connectivity index (χ4n) is 2.04. The maximum Gasteiger partial charge on any atom is 0.309 e. The van der Waals surface area contributed by atoms with Crippen LogP contribution in [0.5, 0.6) is 0 Å². The van der Waals surface area contributed by atoms with Crippen LogP contribution in [0, 0.1) is 0 Å². The molecule has 106 valence electrons. The SMILES string of the molecule is Cn1c(Cl)ccc1C(=O)c1c(Cl)cc(CC(=O)O)n1C. The average molecular weight is 315 g/mol. The fraction of sp³-hybridized carbons (Fsp3) is 0.231. The van der Waals surface area contributed by atoms with Crippen LogP contribution in [-0.4, -0.2) is 26.0 Å². The van der Waals surface area contributed by atoms with Crippen LogP contribution in [-0.2, 0) is 25.3 Å². The van der Waals surface area contributed by atoms with E-state index in [4.69, 9.17) is 28.3 Å². The standard InChI is InChI=1S/C13H12Cl2N2O3/c1-16-7(6-11(18)19)5-8(14)12(16)13(20)9-3-4-10(15)17(9)2/h3-5H,6H2,1-2H3,(H,18,19). The molecule has 2 heterocycles. The molecule has 0 amide bonds. The number of hydrogen-bond acceptors (Lipinski definition) is 2. The lowest BCUT2D eigenvalue weighted by Crippen LogP contribution is -2.14.